The van der Waals surface area contributed by atoms with Crippen LogP contribution >= 0.6 is 0 Å². The highest BCUT2D eigenvalue weighted by Gasteiger charge is 2.34. The van der Waals surface area contributed by atoms with Crippen molar-refractivity contribution in [3.8, 4) is 0 Å². The van der Waals surface area contributed by atoms with Gasteiger partial charge in [-0.2, -0.15) is 0 Å². The molecule has 290 valence electrons. The molecule has 0 radical (unpaired) electrons. The van der Waals surface area contributed by atoms with E-state index >= 15 is 0 Å². The summed E-state index contributed by atoms with van der Waals surface area (Å²) in [5.74, 6) is -1.68. The van der Waals surface area contributed by atoms with Crippen molar-refractivity contribution in [1.82, 2.24) is 0 Å². The van der Waals surface area contributed by atoms with Gasteiger partial charge in [-0.25, -0.2) is 14.4 Å². The zero-order valence-corrected chi connectivity index (χ0v) is 29.6. The van der Waals surface area contributed by atoms with E-state index in [1.165, 1.54) is 0 Å². The molecule has 1 saturated heterocycles. The maximum absolute atomic E-state index is 11.0. The minimum absolute atomic E-state index is 0.0255. The van der Waals surface area contributed by atoms with E-state index in [2.05, 4.69) is 19.7 Å². The molecule has 0 aliphatic carbocycles. The first-order chi connectivity index (χ1) is 23.7. The Morgan fingerprint density at radius 1 is 0.680 bits per heavy atom. The number of hydrogen-bond acceptors (Lipinski definition) is 16. The third-order valence-electron chi connectivity index (χ3n) is 6.76. The normalized spacial score (nSPS) is 14.8. The summed E-state index contributed by atoms with van der Waals surface area (Å²) in [5, 5.41) is 46.2. The summed E-state index contributed by atoms with van der Waals surface area (Å²) >= 11 is 0. The van der Waals surface area contributed by atoms with Crippen LogP contribution in [0.25, 0.3) is 0 Å². The van der Waals surface area contributed by atoms with Crippen LogP contribution in [0.2, 0.25) is 0 Å². The van der Waals surface area contributed by atoms with E-state index < -0.39 is 61.8 Å². The van der Waals surface area contributed by atoms with Gasteiger partial charge in [-0.1, -0.05) is 19.7 Å². The molecule has 16 nitrogen and oxygen atoms in total. The molecule has 0 aromatic rings. The summed E-state index contributed by atoms with van der Waals surface area (Å²) in [6.45, 7) is 13.5. The minimum Gasteiger partial charge on any atom is -0.466 e. The van der Waals surface area contributed by atoms with E-state index in [9.17, 15) is 29.4 Å². The van der Waals surface area contributed by atoms with E-state index in [1.54, 1.807) is 13.8 Å². The summed E-state index contributed by atoms with van der Waals surface area (Å²) in [7, 11) is 0. The van der Waals surface area contributed by atoms with E-state index in [0.29, 0.717) is 19.6 Å². The van der Waals surface area contributed by atoms with Crippen molar-refractivity contribution in [2.24, 2.45) is 10.8 Å². The number of ether oxygens (including phenoxy) is 7. The average Bonchev–Trinajstić information content (AvgIpc) is 3.38. The van der Waals surface area contributed by atoms with Gasteiger partial charge in [0.1, 0.15) is 18.8 Å². The molecule has 0 aromatic carbocycles. The fourth-order valence-electron chi connectivity index (χ4n) is 3.44. The van der Waals surface area contributed by atoms with Crippen LogP contribution in [0.15, 0.2) is 38.0 Å². The number of carbonyl (C=O) groups is 4. The predicted octanol–water partition coefficient (Wildman–Crippen LogP) is 0.414. The lowest BCUT2D eigenvalue weighted by Gasteiger charge is -2.32. The Kier molecular flexibility index (Phi) is 28.9. The topological polar surface area (TPSA) is 234 Å². The molecular weight excluding hydrogens is 664 g/mol. The van der Waals surface area contributed by atoms with Gasteiger partial charge in [0.2, 0.25) is 0 Å². The summed E-state index contributed by atoms with van der Waals surface area (Å²) in [6.07, 6.45) is 6.12. The van der Waals surface area contributed by atoms with Gasteiger partial charge in [0.05, 0.1) is 89.6 Å². The molecule has 1 heterocycles. The molecule has 0 saturated carbocycles. The predicted molar refractivity (Wildman–Crippen MR) is 179 cm³/mol. The number of carbonyl (C=O) groups excluding carboxylic acids is 4. The van der Waals surface area contributed by atoms with E-state index in [-0.39, 0.29) is 57.3 Å². The van der Waals surface area contributed by atoms with Gasteiger partial charge >= 0.3 is 23.9 Å². The van der Waals surface area contributed by atoms with Crippen molar-refractivity contribution in [3.05, 3.63) is 38.0 Å². The highest BCUT2D eigenvalue weighted by atomic mass is 16.6. The monoisotopic (exact) mass is 722 g/mol. The molecule has 1 fully saturated rings. The first-order valence-corrected chi connectivity index (χ1v) is 16.2. The summed E-state index contributed by atoms with van der Waals surface area (Å²) in [6, 6.07) is 0. The second-order valence-corrected chi connectivity index (χ2v) is 11.7. The molecule has 5 N–H and O–H groups in total. The first kappa shape index (κ1) is 48.9. The van der Waals surface area contributed by atoms with Crippen LogP contribution in [0, 0.1) is 10.8 Å². The molecule has 1 rings (SSSR count). The van der Waals surface area contributed by atoms with Crippen LogP contribution in [0.1, 0.15) is 46.5 Å². The lowest BCUT2D eigenvalue weighted by Crippen LogP contribution is -2.44. The Bertz CT molecular complexity index is 958. The molecule has 3 unspecified atom stereocenters. The molecule has 1 aliphatic rings. The highest BCUT2D eigenvalue weighted by molar-refractivity contribution is 5.82. The van der Waals surface area contributed by atoms with Gasteiger partial charge in [-0.05, 0) is 40.0 Å². The van der Waals surface area contributed by atoms with E-state index in [1.807, 2.05) is 6.92 Å². The average molecular weight is 723 g/mol. The molecule has 1 aliphatic heterocycles. The van der Waals surface area contributed by atoms with Crippen molar-refractivity contribution >= 4 is 23.9 Å². The van der Waals surface area contributed by atoms with Crippen LogP contribution in [0.5, 0.6) is 0 Å². The Hall–Kier alpha value is -3.22. The second kappa shape index (κ2) is 29.5. The molecule has 0 amide bonds. The standard InChI is InChI=1S/C15H24O6.C13H24O8.C6H10O2/c1-6-14(16)20-12(4)9-18-8-11(3)19-10-13(5)21-15(17)7-2;1-2-11(19)21-10-13(6-17,7-18)9-20-8-12(3-14,4-15)5-16;7-6-4-2-1-3-5-8-6/h6-7,11-13H,1-2,8-10H2,3-5H3;2,14-18H,1,3-10H2;1-5H2. The quantitative estimate of drug-likeness (QED) is 0.0546. The second-order valence-electron chi connectivity index (χ2n) is 11.7. The van der Waals surface area contributed by atoms with Crippen LogP contribution in [-0.4, -0.2) is 147 Å². The Morgan fingerprint density at radius 3 is 1.66 bits per heavy atom. The van der Waals surface area contributed by atoms with Crippen LogP contribution in [0.3, 0.4) is 0 Å². The zero-order chi connectivity index (χ0) is 38.4. The Labute approximate surface area is 294 Å². The highest BCUT2D eigenvalue weighted by Crippen LogP contribution is 2.21. The largest absolute Gasteiger partial charge is 0.466 e. The molecule has 16 heteroatoms. The van der Waals surface area contributed by atoms with Crippen LogP contribution < -0.4 is 0 Å². The number of esters is 4. The molecule has 0 spiro atoms. The smallest absolute Gasteiger partial charge is 0.330 e. The number of aliphatic hydroxyl groups excluding tert-OH is 5. The van der Waals surface area contributed by atoms with Gasteiger partial charge in [0, 0.05) is 24.6 Å². The van der Waals surface area contributed by atoms with Crippen molar-refractivity contribution in [2.75, 3.05) is 79.3 Å². The Balaban J connectivity index is 0. The van der Waals surface area contributed by atoms with Gasteiger partial charge < -0.3 is 58.7 Å². The third kappa shape index (κ3) is 24.0. The first-order valence-electron chi connectivity index (χ1n) is 16.2. The van der Waals surface area contributed by atoms with Crippen LogP contribution in [0.4, 0.5) is 0 Å². The lowest BCUT2D eigenvalue weighted by molar-refractivity contribution is -0.149. The van der Waals surface area contributed by atoms with Gasteiger partial charge in [0.15, 0.2) is 0 Å². The molecular formula is C34H58O16. The maximum Gasteiger partial charge on any atom is 0.330 e. The molecule has 3 atom stereocenters. The van der Waals surface area contributed by atoms with Gasteiger partial charge in [-0.3, -0.25) is 4.79 Å². The summed E-state index contributed by atoms with van der Waals surface area (Å²) in [5.41, 5.74) is -2.43. The van der Waals surface area contributed by atoms with Crippen LogP contribution in [-0.2, 0) is 52.3 Å². The number of hydrogen-bond donors (Lipinski definition) is 5. The summed E-state index contributed by atoms with van der Waals surface area (Å²) in [4.78, 5) is 43.4. The fraction of sp³-hybridized carbons (Fsp3) is 0.706. The third-order valence-corrected chi connectivity index (χ3v) is 6.76. The van der Waals surface area contributed by atoms with Gasteiger partial charge in [0.25, 0.3) is 0 Å². The van der Waals surface area contributed by atoms with E-state index in [0.717, 1.165) is 37.5 Å². The zero-order valence-electron chi connectivity index (χ0n) is 29.6. The van der Waals surface area contributed by atoms with Crippen molar-refractivity contribution in [2.45, 2.75) is 64.8 Å². The van der Waals surface area contributed by atoms with E-state index in [4.69, 9.17) is 48.5 Å². The fourth-order valence-corrected chi connectivity index (χ4v) is 3.44. The van der Waals surface area contributed by atoms with Gasteiger partial charge in [-0.15, -0.1) is 0 Å². The van der Waals surface area contributed by atoms with Crippen molar-refractivity contribution in [3.63, 3.8) is 0 Å². The molecule has 0 bridgehead atoms. The minimum atomic E-state index is -1.22. The molecule has 50 heavy (non-hydrogen) atoms. The maximum atomic E-state index is 11.0. The SMILES string of the molecule is C=CC(=O)OC(C)COCC(C)OCC(C)OC(=O)C=C.C=CC(=O)OCC(CO)(CO)COCC(CO)(CO)CO.O=C1CCCCCO1. The number of cyclic esters (lactones) is 1. The Morgan fingerprint density at radius 2 is 1.16 bits per heavy atom. The van der Waals surface area contributed by atoms with Crippen molar-refractivity contribution < 1.29 is 77.9 Å². The van der Waals surface area contributed by atoms with Crippen molar-refractivity contribution in [1.29, 1.82) is 0 Å². The number of aliphatic hydroxyl groups is 5. The molecule has 0 aromatic heterocycles. The lowest BCUT2D eigenvalue weighted by atomic mass is 9.90. The summed E-state index contributed by atoms with van der Waals surface area (Å²) < 4.78 is 35.6. The number of rotatable bonds is 23.